The van der Waals surface area contributed by atoms with Gasteiger partial charge >= 0.3 is 0 Å². The third kappa shape index (κ3) is 2.74. The number of nitrogens with zero attached hydrogens (tertiary/aromatic N) is 1. The molecule has 2 nitrogen and oxygen atoms in total. The van der Waals surface area contributed by atoms with Crippen LogP contribution in [-0.2, 0) is 0 Å². The molecule has 68 valence electrons. The van der Waals surface area contributed by atoms with Crippen LogP contribution < -0.4 is 0 Å². The summed E-state index contributed by atoms with van der Waals surface area (Å²) in [6.45, 7) is 9.34. The summed E-state index contributed by atoms with van der Waals surface area (Å²) in [6.07, 6.45) is 0. The molecule has 12 heavy (non-hydrogen) atoms. The highest BCUT2D eigenvalue weighted by Crippen LogP contribution is 2.16. The minimum absolute atomic E-state index is 0.114. The molecule has 0 aromatic carbocycles. The van der Waals surface area contributed by atoms with Gasteiger partial charge in [-0.2, -0.15) is 0 Å². The summed E-state index contributed by atoms with van der Waals surface area (Å²) in [7, 11) is 0. The Bertz CT molecular complexity index is 265. The molecule has 0 atom stereocenters. The van der Waals surface area contributed by atoms with Gasteiger partial charge in [-0.05, 0) is 13.8 Å². The number of carbonyl (C=O) groups is 1. The molecule has 0 aliphatic rings. The van der Waals surface area contributed by atoms with Crippen molar-refractivity contribution >= 4 is 17.1 Å². The van der Waals surface area contributed by atoms with Gasteiger partial charge in [0.15, 0.2) is 5.78 Å². The molecule has 0 aliphatic carbocycles. The Morgan fingerprint density at radius 2 is 1.83 bits per heavy atom. The van der Waals surface area contributed by atoms with E-state index >= 15 is 0 Å². The molecule has 0 amide bonds. The first kappa shape index (κ1) is 11.3. The minimum Gasteiger partial charge on any atom is -0.294 e. The van der Waals surface area contributed by atoms with Gasteiger partial charge < -0.3 is 0 Å². The Hall–Kier alpha value is -0.700. The number of ketones is 1. The fourth-order valence-corrected chi connectivity index (χ4v) is 1.67. The van der Waals surface area contributed by atoms with Crippen molar-refractivity contribution in [2.75, 3.05) is 0 Å². The lowest BCUT2D eigenvalue weighted by Gasteiger charge is -1.85. The van der Waals surface area contributed by atoms with Crippen LogP contribution >= 0.6 is 11.3 Å². The molecule has 0 aliphatic heterocycles. The van der Waals surface area contributed by atoms with E-state index in [4.69, 9.17) is 0 Å². The van der Waals surface area contributed by atoms with Gasteiger partial charge in [0.05, 0.1) is 15.6 Å². The number of thiazole rings is 1. The van der Waals surface area contributed by atoms with Crippen molar-refractivity contribution in [1.29, 1.82) is 0 Å². The second-order valence-corrected chi connectivity index (χ2v) is 3.41. The normalized spacial score (nSPS) is 8.75. The highest BCUT2D eigenvalue weighted by molar-refractivity contribution is 7.13. The van der Waals surface area contributed by atoms with Crippen molar-refractivity contribution in [2.45, 2.75) is 34.6 Å². The van der Waals surface area contributed by atoms with E-state index in [1.807, 2.05) is 27.7 Å². The first-order chi connectivity index (χ1) is 5.61. The zero-order chi connectivity index (χ0) is 9.72. The van der Waals surface area contributed by atoms with Crippen LogP contribution in [0.5, 0.6) is 0 Å². The van der Waals surface area contributed by atoms with Gasteiger partial charge in [-0.15, -0.1) is 11.3 Å². The van der Waals surface area contributed by atoms with Crippen LogP contribution in [-0.4, -0.2) is 10.8 Å². The maximum atomic E-state index is 10.8. The molecule has 1 aromatic heterocycles. The van der Waals surface area contributed by atoms with Crippen LogP contribution in [0, 0.1) is 13.8 Å². The zero-order valence-electron chi connectivity index (χ0n) is 8.26. The summed E-state index contributed by atoms with van der Waals surface area (Å²) in [5.41, 5.74) is 0.856. The van der Waals surface area contributed by atoms with E-state index in [9.17, 15) is 4.79 Å². The maximum absolute atomic E-state index is 10.8. The Labute approximate surface area is 77.6 Å². The molecule has 0 bridgehead atoms. The fraction of sp³-hybridized carbons (Fsp3) is 0.556. The van der Waals surface area contributed by atoms with Crippen molar-refractivity contribution in [2.24, 2.45) is 0 Å². The molecule has 0 unspecified atom stereocenters. The molecule has 3 heteroatoms. The third-order valence-corrected chi connectivity index (χ3v) is 2.40. The largest absolute Gasteiger partial charge is 0.294 e. The number of aromatic nitrogens is 1. The van der Waals surface area contributed by atoms with Crippen LogP contribution in [0.15, 0.2) is 0 Å². The smallest absolute Gasteiger partial charge is 0.171 e. The van der Waals surface area contributed by atoms with Gasteiger partial charge in [0, 0.05) is 6.92 Å². The van der Waals surface area contributed by atoms with Crippen LogP contribution in [0.1, 0.15) is 41.1 Å². The molecule has 1 rings (SSSR count). The molecule has 0 radical (unpaired) electrons. The number of aryl methyl sites for hydroxylation is 2. The topological polar surface area (TPSA) is 30.0 Å². The molecule has 0 fully saturated rings. The third-order valence-electron chi connectivity index (χ3n) is 1.22. The maximum Gasteiger partial charge on any atom is 0.171 e. The Kier molecular flexibility index (Phi) is 4.74. The standard InChI is InChI=1S/C7H9NOS.C2H6/c1-4-7(5(2)9)10-6(3)8-4;1-2/h1-3H3;1-2H3. The van der Waals surface area contributed by atoms with Crippen LogP contribution in [0.4, 0.5) is 0 Å². The molecule has 1 heterocycles. The van der Waals surface area contributed by atoms with Gasteiger partial charge in [-0.3, -0.25) is 4.79 Å². The van der Waals surface area contributed by atoms with Gasteiger partial charge in [0.1, 0.15) is 0 Å². The van der Waals surface area contributed by atoms with E-state index < -0.39 is 0 Å². The molecule has 0 spiro atoms. The van der Waals surface area contributed by atoms with Crippen molar-refractivity contribution in [3.63, 3.8) is 0 Å². The lowest BCUT2D eigenvalue weighted by molar-refractivity contribution is 0.102. The van der Waals surface area contributed by atoms with E-state index in [2.05, 4.69) is 4.98 Å². The summed E-state index contributed by atoms with van der Waals surface area (Å²) in [6, 6.07) is 0. The average Bonchev–Trinajstić information content (AvgIpc) is 2.34. The van der Waals surface area contributed by atoms with Crippen molar-refractivity contribution in [1.82, 2.24) is 4.98 Å². The lowest BCUT2D eigenvalue weighted by Crippen LogP contribution is -1.89. The molecule has 1 aromatic rings. The number of carbonyl (C=O) groups excluding carboxylic acids is 1. The number of rotatable bonds is 1. The van der Waals surface area contributed by atoms with Gasteiger partial charge in [0.25, 0.3) is 0 Å². The lowest BCUT2D eigenvalue weighted by atomic mass is 10.3. The van der Waals surface area contributed by atoms with E-state index in [1.54, 1.807) is 6.92 Å². The van der Waals surface area contributed by atoms with E-state index in [0.717, 1.165) is 15.6 Å². The van der Waals surface area contributed by atoms with Crippen molar-refractivity contribution in [3.8, 4) is 0 Å². The second kappa shape index (κ2) is 5.04. The molecule has 0 saturated carbocycles. The fourth-order valence-electron chi connectivity index (χ4n) is 0.858. The summed E-state index contributed by atoms with van der Waals surface area (Å²) in [5, 5.41) is 0.961. The quantitative estimate of drug-likeness (QED) is 0.629. The van der Waals surface area contributed by atoms with Crippen LogP contribution in [0.2, 0.25) is 0 Å². The van der Waals surface area contributed by atoms with Gasteiger partial charge in [0.2, 0.25) is 0 Å². The first-order valence-corrected chi connectivity index (χ1v) is 4.88. The SMILES string of the molecule is CC.CC(=O)c1sc(C)nc1C. The predicted octanol–water partition coefficient (Wildman–Crippen LogP) is 2.99. The molecular formula is C9H15NOS. The Morgan fingerprint density at radius 1 is 1.33 bits per heavy atom. The van der Waals surface area contributed by atoms with E-state index in [0.29, 0.717) is 0 Å². The monoisotopic (exact) mass is 185 g/mol. The van der Waals surface area contributed by atoms with Crippen molar-refractivity contribution in [3.05, 3.63) is 15.6 Å². The number of hydrogen-bond donors (Lipinski definition) is 0. The average molecular weight is 185 g/mol. The zero-order valence-corrected chi connectivity index (χ0v) is 9.08. The summed E-state index contributed by atoms with van der Waals surface area (Å²) in [4.78, 5) is 15.8. The predicted molar refractivity (Wildman–Crippen MR) is 52.9 cm³/mol. The molecule has 0 N–H and O–H groups in total. The highest BCUT2D eigenvalue weighted by atomic mass is 32.1. The number of Topliss-reactive ketones (excluding diaryl/α,β-unsaturated/α-hetero) is 1. The van der Waals surface area contributed by atoms with Crippen LogP contribution in [0.25, 0.3) is 0 Å². The number of hydrogen-bond acceptors (Lipinski definition) is 3. The Morgan fingerprint density at radius 3 is 2.00 bits per heavy atom. The first-order valence-electron chi connectivity index (χ1n) is 4.06. The van der Waals surface area contributed by atoms with Crippen molar-refractivity contribution < 1.29 is 4.79 Å². The minimum atomic E-state index is 0.114. The van der Waals surface area contributed by atoms with Gasteiger partial charge in [-0.25, -0.2) is 4.98 Å². The summed E-state index contributed by atoms with van der Waals surface area (Å²) in [5.74, 6) is 0.114. The van der Waals surface area contributed by atoms with Gasteiger partial charge in [-0.1, -0.05) is 13.8 Å². The van der Waals surface area contributed by atoms with Crippen LogP contribution in [0.3, 0.4) is 0 Å². The van der Waals surface area contributed by atoms with E-state index in [-0.39, 0.29) is 5.78 Å². The Balaban J connectivity index is 0.000000561. The van der Waals surface area contributed by atoms with E-state index in [1.165, 1.54) is 11.3 Å². The summed E-state index contributed by atoms with van der Waals surface area (Å²) >= 11 is 1.46. The molecular weight excluding hydrogens is 170 g/mol. The summed E-state index contributed by atoms with van der Waals surface area (Å²) < 4.78 is 0. The molecule has 0 saturated heterocycles. The second-order valence-electron chi connectivity index (χ2n) is 2.20. The highest BCUT2D eigenvalue weighted by Gasteiger charge is 2.07.